The number of nitrogens with one attached hydrogen (secondary N) is 1. The third-order valence-electron chi connectivity index (χ3n) is 7.41. The van der Waals surface area contributed by atoms with Crippen molar-refractivity contribution >= 4 is 12.1 Å². The molecule has 1 aliphatic carbocycles. The van der Waals surface area contributed by atoms with Crippen molar-refractivity contribution in [1.29, 1.82) is 0 Å². The van der Waals surface area contributed by atoms with Crippen LogP contribution in [-0.2, 0) is 9.53 Å². The molecule has 6 rings (SSSR count). The Morgan fingerprint density at radius 1 is 0.775 bits per heavy atom. The summed E-state index contributed by atoms with van der Waals surface area (Å²) in [6, 6.07) is 29.1. The molecular weight excluding hydrogens is 506 g/mol. The molecule has 1 amide bonds. The Morgan fingerprint density at radius 3 is 2.15 bits per heavy atom. The molecule has 7 heteroatoms. The van der Waals surface area contributed by atoms with E-state index in [1.165, 1.54) is 11.1 Å². The van der Waals surface area contributed by atoms with Crippen molar-refractivity contribution in [2.24, 2.45) is 0 Å². The summed E-state index contributed by atoms with van der Waals surface area (Å²) in [7, 11) is 0. The van der Waals surface area contributed by atoms with E-state index in [2.05, 4.69) is 29.6 Å². The molecule has 0 spiro atoms. The lowest BCUT2D eigenvalue weighted by molar-refractivity contribution is -0.137. The van der Waals surface area contributed by atoms with Gasteiger partial charge in [0, 0.05) is 29.5 Å². The summed E-state index contributed by atoms with van der Waals surface area (Å²) in [6.07, 6.45) is 0.805. The van der Waals surface area contributed by atoms with Crippen LogP contribution in [0.4, 0.5) is 4.79 Å². The van der Waals surface area contributed by atoms with Crippen LogP contribution in [0.15, 0.2) is 91.0 Å². The van der Waals surface area contributed by atoms with E-state index in [1.54, 1.807) is 6.07 Å². The number of fused-ring (bicyclic) bond motifs is 5. The molecule has 2 N–H and O–H groups in total. The van der Waals surface area contributed by atoms with Crippen molar-refractivity contribution in [3.05, 3.63) is 113 Å². The van der Waals surface area contributed by atoms with Gasteiger partial charge < -0.3 is 24.6 Å². The lowest BCUT2D eigenvalue weighted by Gasteiger charge is -2.29. The average molecular weight is 536 g/mol. The molecule has 0 saturated carbocycles. The third-order valence-corrected chi connectivity index (χ3v) is 7.41. The van der Waals surface area contributed by atoms with E-state index in [-0.39, 0.29) is 18.9 Å². The number of benzene rings is 4. The molecule has 40 heavy (non-hydrogen) atoms. The number of para-hydroxylation sites is 1. The smallest absolute Gasteiger partial charge is 0.407 e. The van der Waals surface area contributed by atoms with Gasteiger partial charge in [-0.25, -0.2) is 4.79 Å². The first-order chi connectivity index (χ1) is 19.6. The van der Waals surface area contributed by atoms with Gasteiger partial charge >= 0.3 is 12.1 Å². The van der Waals surface area contributed by atoms with Crippen LogP contribution >= 0.6 is 0 Å². The molecule has 0 aromatic heterocycles. The van der Waals surface area contributed by atoms with Crippen LogP contribution in [0.2, 0.25) is 0 Å². The highest BCUT2D eigenvalue weighted by Gasteiger charge is 2.32. The summed E-state index contributed by atoms with van der Waals surface area (Å²) in [4.78, 5) is 23.9. The molecule has 0 bridgehead atoms. The Balaban J connectivity index is 1.16. The molecule has 0 saturated heterocycles. The van der Waals surface area contributed by atoms with Crippen molar-refractivity contribution < 1.29 is 28.9 Å². The van der Waals surface area contributed by atoms with E-state index < -0.39 is 18.1 Å². The molecule has 7 nitrogen and oxygen atoms in total. The summed E-state index contributed by atoms with van der Waals surface area (Å²) < 4.78 is 17.8. The number of hydrogen-bond donors (Lipinski definition) is 2. The van der Waals surface area contributed by atoms with Gasteiger partial charge in [-0.3, -0.25) is 4.79 Å². The number of hydrogen-bond acceptors (Lipinski definition) is 5. The molecule has 1 aliphatic heterocycles. The first-order valence-electron chi connectivity index (χ1n) is 13.5. The first-order valence-corrected chi connectivity index (χ1v) is 13.5. The minimum atomic E-state index is -0.809. The van der Waals surface area contributed by atoms with E-state index in [0.29, 0.717) is 36.7 Å². The molecule has 4 aromatic rings. The summed E-state index contributed by atoms with van der Waals surface area (Å²) in [5, 5.41) is 11.9. The zero-order chi connectivity index (χ0) is 27.5. The zero-order valence-electron chi connectivity index (χ0n) is 21.8. The van der Waals surface area contributed by atoms with Crippen LogP contribution in [-0.4, -0.2) is 30.4 Å². The van der Waals surface area contributed by atoms with Crippen molar-refractivity contribution in [3.63, 3.8) is 0 Å². The molecule has 2 aliphatic rings. The van der Waals surface area contributed by atoms with Gasteiger partial charge in [0.05, 0.1) is 12.6 Å². The summed E-state index contributed by atoms with van der Waals surface area (Å²) in [5.41, 5.74) is 6.32. The fourth-order valence-electron chi connectivity index (χ4n) is 5.51. The van der Waals surface area contributed by atoms with E-state index in [9.17, 15) is 9.59 Å². The Morgan fingerprint density at radius 2 is 1.43 bits per heavy atom. The predicted molar refractivity (Wildman–Crippen MR) is 150 cm³/mol. The lowest BCUT2D eigenvalue weighted by atomic mass is 9.94. The highest BCUT2D eigenvalue weighted by Crippen LogP contribution is 2.46. The van der Waals surface area contributed by atoms with Gasteiger partial charge in [-0.15, -0.1) is 0 Å². The van der Waals surface area contributed by atoms with Gasteiger partial charge in [-0.1, -0.05) is 66.7 Å². The fraction of sp³-hybridized carbons (Fsp3) is 0.212. The SMILES string of the molecule is O=C(O)CCCCOc1ccc2c(c1)Oc1ccccc1C2NC(=O)OCC1c2ccccc2-c2ccccc21. The molecule has 1 unspecified atom stereocenters. The van der Waals surface area contributed by atoms with Crippen molar-refractivity contribution in [2.45, 2.75) is 31.2 Å². The van der Waals surface area contributed by atoms with E-state index in [4.69, 9.17) is 19.3 Å². The fourth-order valence-corrected chi connectivity index (χ4v) is 5.51. The highest BCUT2D eigenvalue weighted by molar-refractivity contribution is 5.79. The van der Waals surface area contributed by atoms with Gasteiger partial charge in [0.2, 0.25) is 0 Å². The number of rotatable bonds is 9. The lowest BCUT2D eigenvalue weighted by Crippen LogP contribution is -2.32. The molecule has 0 fully saturated rings. The summed E-state index contributed by atoms with van der Waals surface area (Å²) >= 11 is 0. The van der Waals surface area contributed by atoms with Gasteiger partial charge in [0.15, 0.2) is 0 Å². The number of alkyl carbamates (subject to hydrolysis) is 1. The van der Waals surface area contributed by atoms with Crippen LogP contribution in [0.1, 0.15) is 53.5 Å². The summed E-state index contributed by atoms with van der Waals surface area (Å²) in [5.74, 6) is 1.02. The zero-order valence-corrected chi connectivity index (χ0v) is 21.8. The average Bonchev–Trinajstić information content (AvgIpc) is 3.29. The van der Waals surface area contributed by atoms with E-state index in [0.717, 1.165) is 22.3 Å². The quantitative estimate of drug-likeness (QED) is 0.223. The van der Waals surface area contributed by atoms with Crippen LogP contribution in [0.5, 0.6) is 17.2 Å². The third kappa shape index (κ3) is 5.10. The van der Waals surface area contributed by atoms with Gasteiger partial charge in [0.25, 0.3) is 0 Å². The highest BCUT2D eigenvalue weighted by atomic mass is 16.5. The number of aliphatic carboxylic acids is 1. The number of carbonyl (C=O) groups is 2. The number of amides is 1. The largest absolute Gasteiger partial charge is 0.493 e. The molecule has 1 atom stereocenters. The minimum Gasteiger partial charge on any atom is -0.493 e. The van der Waals surface area contributed by atoms with Crippen LogP contribution in [0, 0.1) is 0 Å². The van der Waals surface area contributed by atoms with Crippen LogP contribution in [0.3, 0.4) is 0 Å². The molecule has 1 heterocycles. The van der Waals surface area contributed by atoms with E-state index in [1.807, 2.05) is 60.7 Å². The predicted octanol–water partition coefficient (Wildman–Crippen LogP) is 7.05. The van der Waals surface area contributed by atoms with Gasteiger partial charge in [0.1, 0.15) is 23.9 Å². The Kier molecular flexibility index (Phi) is 7.10. The normalized spacial score (nSPS) is 14.7. The maximum absolute atomic E-state index is 13.2. The molecule has 0 radical (unpaired) electrons. The second kappa shape index (κ2) is 11.1. The minimum absolute atomic E-state index is 0.0254. The maximum Gasteiger partial charge on any atom is 0.407 e. The topological polar surface area (TPSA) is 94.1 Å². The van der Waals surface area contributed by atoms with Crippen molar-refractivity contribution in [2.75, 3.05) is 13.2 Å². The number of carboxylic acid groups (broad SMARTS) is 1. The molecule has 202 valence electrons. The first kappa shape index (κ1) is 25.5. The van der Waals surface area contributed by atoms with Crippen LogP contribution < -0.4 is 14.8 Å². The Bertz CT molecular complexity index is 1520. The molecule has 4 aromatic carbocycles. The molecular formula is C33H29NO6. The van der Waals surface area contributed by atoms with Crippen molar-refractivity contribution in [3.8, 4) is 28.4 Å². The van der Waals surface area contributed by atoms with Crippen LogP contribution in [0.25, 0.3) is 11.1 Å². The number of ether oxygens (including phenoxy) is 3. The van der Waals surface area contributed by atoms with Gasteiger partial charge in [-0.2, -0.15) is 0 Å². The second-order valence-electron chi connectivity index (χ2n) is 9.94. The number of unbranched alkanes of at least 4 members (excludes halogenated alkanes) is 1. The Hall–Kier alpha value is -4.78. The van der Waals surface area contributed by atoms with Gasteiger partial charge in [-0.05, 0) is 53.3 Å². The summed E-state index contributed by atoms with van der Waals surface area (Å²) in [6.45, 7) is 0.635. The second-order valence-corrected chi connectivity index (χ2v) is 9.94. The number of carbonyl (C=O) groups excluding carboxylic acids is 1. The van der Waals surface area contributed by atoms with E-state index >= 15 is 0 Å². The maximum atomic E-state index is 13.2. The standard InChI is InChI=1S/C33H29NO6/c35-31(36)15-7-8-18-38-21-16-17-27-30(19-21)40-29-14-6-5-13-26(29)32(27)34-33(37)39-20-28-24-11-3-1-9-22(24)23-10-2-4-12-25(23)28/h1-6,9-14,16-17,19,28,32H,7-8,15,18,20H2,(H,34,37)(H,35,36). The number of carboxylic acids is 1. The van der Waals surface area contributed by atoms with Crippen molar-refractivity contribution in [1.82, 2.24) is 5.32 Å². The monoisotopic (exact) mass is 535 g/mol. The Labute approximate surface area is 232 Å².